The van der Waals surface area contributed by atoms with Gasteiger partial charge in [-0.3, -0.25) is 0 Å². The minimum Gasteiger partial charge on any atom is -0.365 e. The molecule has 0 fully saturated rings. The Labute approximate surface area is 104 Å². The zero-order valence-corrected chi connectivity index (χ0v) is 11.0. The van der Waals surface area contributed by atoms with Crippen molar-refractivity contribution in [3.8, 4) is 0 Å². The van der Waals surface area contributed by atoms with Crippen molar-refractivity contribution in [2.24, 2.45) is 0 Å². The van der Waals surface area contributed by atoms with Gasteiger partial charge in [0.25, 0.3) is 0 Å². The lowest BCUT2D eigenvalue weighted by atomic mass is 10.2. The molecule has 96 valence electrons. The molecule has 0 aliphatic rings. The summed E-state index contributed by atoms with van der Waals surface area (Å²) in [4.78, 5) is 2.10. The van der Waals surface area contributed by atoms with E-state index in [0.29, 0.717) is 11.7 Å². The lowest BCUT2D eigenvalue weighted by Gasteiger charge is -2.30. The van der Waals surface area contributed by atoms with Gasteiger partial charge in [0.15, 0.2) is 0 Å². The van der Waals surface area contributed by atoms with Gasteiger partial charge < -0.3 is 10.2 Å². The highest BCUT2D eigenvalue weighted by molar-refractivity contribution is 5.48. The molecule has 0 amide bonds. The highest BCUT2D eigenvalue weighted by Crippen LogP contribution is 2.20. The van der Waals surface area contributed by atoms with Crippen molar-refractivity contribution in [3.63, 3.8) is 0 Å². The first-order valence-corrected chi connectivity index (χ1v) is 6.42. The Morgan fingerprint density at radius 2 is 2.00 bits per heavy atom. The van der Waals surface area contributed by atoms with Gasteiger partial charge in [-0.25, -0.2) is 4.39 Å². The highest BCUT2D eigenvalue weighted by Gasteiger charge is 2.15. The molecule has 17 heavy (non-hydrogen) atoms. The Balaban J connectivity index is 2.67. The van der Waals surface area contributed by atoms with E-state index in [4.69, 9.17) is 0 Å². The van der Waals surface area contributed by atoms with E-state index in [2.05, 4.69) is 31.0 Å². The second kappa shape index (κ2) is 7.28. The largest absolute Gasteiger partial charge is 0.365 e. The molecular formula is C14H23FN2. The monoisotopic (exact) mass is 238 g/mol. The number of hydrogen-bond donors (Lipinski definition) is 1. The van der Waals surface area contributed by atoms with Gasteiger partial charge in [-0.2, -0.15) is 0 Å². The van der Waals surface area contributed by atoms with Crippen LogP contribution in [0.4, 0.5) is 10.1 Å². The molecule has 0 saturated heterocycles. The van der Waals surface area contributed by atoms with Crippen LogP contribution in [-0.2, 0) is 0 Å². The van der Waals surface area contributed by atoms with Crippen molar-refractivity contribution in [3.05, 3.63) is 30.1 Å². The molecule has 1 aromatic rings. The van der Waals surface area contributed by atoms with Gasteiger partial charge >= 0.3 is 0 Å². The van der Waals surface area contributed by atoms with E-state index < -0.39 is 0 Å². The van der Waals surface area contributed by atoms with Crippen LogP contribution in [0, 0.1) is 5.82 Å². The maximum absolute atomic E-state index is 13.7. The summed E-state index contributed by atoms with van der Waals surface area (Å²) >= 11 is 0. The van der Waals surface area contributed by atoms with Crippen LogP contribution in [0.2, 0.25) is 0 Å². The molecule has 0 aromatic heterocycles. The lowest BCUT2D eigenvalue weighted by molar-refractivity contribution is 0.550. The van der Waals surface area contributed by atoms with E-state index in [1.165, 1.54) is 6.07 Å². The van der Waals surface area contributed by atoms with Crippen LogP contribution < -0.4 is 10.2 Å². The van der Waals surface area contributed by atoms with E-state index in [9.17, 15) is 4.39 Å². The van der Waals surface area contributed by atoms with Crippen LogP contribution in [0.3, 0.4) is 0 Å². The molecular weight excluding hydrogens is 215 g/mol. The summed E-state index contributed by atoms with van der Waals surface area (Å²) in [6.07, 6.45) is 1.12. The first-order valence-electron chi connectivity index (χ1n) is 6.42. The summed E-state index contributed by atoms with van der Waals surface area (Å²) in [5, 5.41) is 3.37. The fraction of sp³-hybridized carbons (Fsp3) is 0.571. The maximum Gasteiger partial charge on any atom is 0.146 e. The molecule has 0 bridgehead atoms. The van der Waals surface area contributed by atoms with Crippen molar-refractivity contribution in [2.45, 2.75) is 33.2 Å². The fourth-order valence-corrected chi connectivity index (χ4v) is 2.00. The van der Waals surface area contributed by atoms with Gasteiger partial charge in [0.1, 0.15) is 5.82 Å². The van der Waals surface area contributed by atoms with Crippen molar-refractivity contribution in [1.29, 1.82) is 0 Å². The molecule has 1 aromatic carbocycles. The third-order valence-corrected chi connectivity index (χ3v) is 2.90. The molecule has 1 atom stereocenters. The Morgan fingerprint density at radius 1 is 1.29 bits per heavy atom. The van der Waals surface area contributed by atoms with Gasteiger partial charge in [-0.05, 0) is 38.9 Å². The Kier molecular flexibility index (Phi) is 5.98. The highest BCUT2D eigenvalue weighted by atomic mass is 19.1. The second-order valence-corrected chi connectivity index (χ2v) is 4.29. The van der Waals surface area contributed by atoms with Crippen molar-refractivity contribution in [2.75, 3.05) is 24.5 Å². The van der Waals surface area contributed by atoms with Crippen LogP contribution in [0.25, 0.3) is 0 Å². The molecule has 3 heteroatoms. The van der Waals surface area contributed by atoms with Gasteiger partial charge in [0.2, 0.25) is 0 Å². The molecule has 0 aliphatic carbocycles. The summed E-state index contributed by atoms with van der Waals surface area (Å²) in [6, 6.07) is 7.27. The minimum absolute atomic E-state index is 0.142. The third-order valence-electron chi connectivity index (χ3n) is 2.90. The molecule has 1 N–H and O–H groups in total. The number of benzene rings is 1. The van der Waals surface area contributed by atoms with Crippen LogP contribution in [-0.4, -0.2) is 25.7 Å². The summed E-state index contributed by atoms with van der Waals surface area (Å²) in [7, 11) is 0. The average Bonchev–Trinajstić information content (AvgIpc) is 2.33. The number of likely N-dealkylation sites (N-methyl/N-ethyl adjacent to an activating group) is 1. The summed E-state index contributed by atoms with van der Waals surface area (Å²) in [6.45, 7) is 9.04. The van der Waals surface area contributed by atoms with Crippen molar-refractivity contribution >= 4 is 5.69 Å². The molecule has 0 saturated carbocycles. The molecule has 0 heterocycles. The van der Waals surface area contributed by atoms with E-state index >= 15 is 0 Å². The molecule has 0 spiro atoms. The SMILES string of the molecule is CCCNCC(C)N(CC)c1ccccc1F. The minimum atomic E-state index is -0.142. The van der Waals surface area contributed by atoms with E-state index in [1.54, 1.807) is 6.07 Å². The Hall–Kier alpha value is -1.09. The fourth-order valence-electron chi connectivity index (χ4n) is 2.00. The van der Waals surface area contributed by atoms with Crippen LogP contribution in [0.5, 0.6) is 0 Å². The second-order valence-electron chi connectivity index (χ2n) is 4.29. The molecule has 2 nitrogen and oxygen atoms in total. The average molecular weight is 238 g/mol. The zero-order chi connectivity index (χ0) is 12.7. The van der Waals surface area contributed by atoms with E-state index in [0.717, 1.165) is 26.1 Å². The topological polar surface area (TPSA) is 15.3 Å². The normalized spacial score (nSPS) is 12.5. The summed E-state index contributed by atoms with van der Waals surface area (Å²) in [5.41, 5.74) is 0.695. The summed E-state index contributed by atoms with van der Waals surface area (Å²) in [5.74, 6) is -0.142. The number of nitrogens with one attached hydrogen (secondary N) is 1. The molecule has 1 rings (SSSR count). The summed E-state index contributed by atoms with van der Waals surface area (Å²) < 4.78 is 13.7. The van der Waals surface area contributed by atoms with Gasteiger partial charge in [-0.1, -0.05) is 19.1 Å². The zero-order valence-electron chi connectivity index (χ0n) is 11.0. The molecule has 0 aliphatic heterocycles. The van der Waals surface area contributed by atoms with Gasteiger partial charge in [0.05, 0.1) is 5.69 Å². The quantitative estimate of drug-likeness (QED) is 0.734. The third kappa shape index (κ3) is 4.00. The first kappa shape index (κ1) is 14.0. The van der Waals surface area contributed by atoms with Crippen LogP contribution >= 0.6 is 0 Å². The number of nitrogens with zero attached hydrogens (tertiary/aromatic N) is 1. The van der Waals surface area contributed by atoms with Gasteiger partial charge in [-0.15, -0.1) is 0 Å². The number of anilines is 1. The van der Waals surface area contributed by atoms with E-state index in [1.807, 2.05) is 12.1 Å². The number of rotatable bonds is 7. The standard InChI is InChI=1S/C14H23FN2/c1-4-10-16-11-12(3)17(5-2)14-9-7-6-8-13(14)15/h6-9,12,16H,4-5,10-11H2,1-3H3. The predicted molar refractivity (Wildman–Crippen MR) is 72.0 cm³/mol. The van der Waals surface area contributed by atoms with Crippen LogP contribution in [0.15, 0.2) is 24.3 Å². The maximum atomic E-state index is 13.7. The van der Waals surface area contributed by atoms with E-state index in [-0.39, 0.29) is 5.82 Å². The number of hydrogen-bond acceptors (Lipinski definition) is 2. The molecule has 0 radical (unpaired) electrons. The first-order chi connectivity index (χ1) is 8.20. The van der Waals surface area contributed by atoms with Crippen molar-refractivity contribution < 1.29 is 4.39 Å². The van der Waals surface area contributed by atoms with Crippen molar-refractivity contribution in [1.82, 2.24) is 5.32 Å². The smallest absolute Gasteiger partial charge is 0.146 e. The predicted octanol–water partition coefficient (Wildman–Crippen LogP) is 3.04. The number of para-hydroxylation sites is 1. The number of halogens is 1. The Morgan fingerprint density at radius 3 is 2.59 bits per heavy atom. The Bertz CT molecular complexity index is 328. The van der Waals surface area contributed by atoms with Gasteiger partial charge in [0, 0.05) is 19.1 Å². The lowest BCUT2D eigenvalue weighted by Crippen LogP contribution is -2.41. The van der Waals surface area contributed by atoms with Crippen LogP contribution in [0.1, 0.15) is 27.2 Å². The molecule has 1 unspecified atom stereocenters.